The molecule has 1 saturated heterocycles. The summed E-state index contributed by atoms with van der Waals surface area (Å²) in [6, 6.07) is 23.6. The van der Waals surface area contributed by atoms with E-state index in [2.05, 4.69) is 15.5 Å². The SMILES string of the molecule is O=C1N/C(=N\N=C\c2ccccc2OCc2ccccc2)SC1Cc1ccc(F)cc1. The quantitative estimate of drug-likeness (QED) is 0.439. The molecule has 3 aromatic carbocycles. The van der Waals surface area contributed by atoms with Crippen molar-refractivity contribution in [3.8, 4) is 5.75 Å². The second-order valence-electron chi connectivity index (χ2n) is 6.89. The Morgan fingerprint density at radius 2 is 1.71 bits per heavy atom. The van der Waals surface area contributed by atoms with Gasteiger partial charge in [-0.1, -0.05) is 66.4 Å². The fourth-order valence-electron chi connectivity index (χ4n) is 3.02. The average molecular weight is 434 g/mol. The molecule has 0 aliphatic carbocycles. The summed E-state index contributed by atoms with van der Waals surface area (Å²) in [6.07, 6.45) is 2.10. The predicted octanol–water partition coefficient (Wildman–Crippen LogP) is 4.57. The Balaban J connectivity index is 1.38. The minimum absolute atomic E-state index is 0.130. The van der Waals surface area contributed by atoms with E-state index in [4.69, 9.17) is 4.74 Å². The smallest absolute Gasteiger partial charge is 0.239 e. The van der Waals surface area contributed by atoms with Crippen LogP contribution >= 0.6 is 11.8 Å². The average Bonchev–Trinajstić information content (AvgIpc) is 3.14. The van der Waals surface area contributed by atoms with E-state index in [1.165, 1.54) is 23.9 Å². The Morgan fingerprint density at radius 3 is 2.52 bits per heavy atom. The first-order valence-electron chi connectivity index (χ1n) is 9.76. The lowest BCUT2D eigenvalue weighted by Crippen LogP contribution is -2.25. The van der Waals surface area contributed by atoms with Gasteiger partial charge in [-0.3, -0.25) is 4.79 Å². The van der Waals surface area contributed by atoms with Crippen molar-refractivity contribution in [3.05, 3.63) is 101 Å². The number of thioether (sulfide) groups is 1. The van der Waals surface area contributed by atoms with Crippen molar-refractivity contribution in [1.82, 2.24) is 5.32 Å². The van der Waals surface area contributed by atoms with Crippen molar-refractivity contribution in [1.29, 1.82) is 0 Å². The maximum Gasteiger partial charge on any atom is 0.239 e. The van der Waals surface area contributed by atoms with Crippen LogP contribution in [0, 0.1) is 5.82 Å². The summed E-state index contributed by atoms with van der Waals surface area (Å²) in [6.45, 7) is 0.456. The fraction of sp³-hybridized carbons (Fsp3) is 0.125. The molecule has 7 heteroatoms. The molecule has 31 heavy (non-hydrogen) atoms. The van der Waals surface area contributed by atoms with Crippen LogP contribution in [0.1, 0.15) is 16.7 Å². The third-order valence-electron chi connectivity index (χ3n) is 4.61. The van der Waals surface area contributed by atoms with Crippen molar-refractivity contribution in [2.75, 3.05) is 0 Å². The van der Waals surface area contributed by atoms with Crippen molar-refractivity contribution in [2.45, 2.75) is 18.3 Å². The molecule has 0 bridgehead atoms. The lowest BCUT2D eigenvalue weighted by atomic mass is 10.1. The standard InChI is InChI=1S/C24H20FN3O2S/c25-20-12-10-17(11-13-20)14-22-23(29)27-24(31-22)28-26-15-19-8-4-5-9-21(19)30-16-18-6-2-1-3-7-18/h1-13,15,22H,14,16H2,(H,27,28,29)/b26-15+. The van der Waals surface area contributed by atoms with Crippen LogP contribution in [0.3, 0.4) is 0 Å². The number of benzene rings is 3. The third kappa shape index (κ3) is 5.79. The van der Waals surface area contributed by atoms with Crippen molar-refractivity contribution in [2.24, 2.45) is 10.2 Å². The van der Waals surface area contributed by atoms with Crippen molar-refractivity contribution < 1.29 is 13.9 Å². The van der Waals surface area contributed by atoms with Gasteiger partial charge in [0.15, 0.2) is 5.17 Å². The number of halogens is 1. The molecule has 5 nitrogen and oxygen atoms in total. The second-order valence-corrected chi connectivity index (χ2v) is 8.08. The summed E-state index contributed by atoms with van der Waals surface area (Å²) in [4.78, 5) is 12.2. The highest BCUT2D eigenvalue weighted by Crippen LogP contribution is 2.24. The van der Waals surface area contributed by atoms with Gasteiger partial charge in [0.1, 0.15) is 18.2 Å². The number of amidine groups is 1. The number of para-hydroxylation sites is 1. The zero-order valence-corrected chi connectivity index (χ0v) is 17.4. The molecule has 3 aromatic rings. The summed E-state index contributed by atoms with van der Waals surface area (Å²) in [7, 11) is 0. The third-order valence-corrected chi connectivity index (χ3v) is 5.68. The first kappa shape index (κ1) is 20.8. The van der Waals surface area contributed by atoms with E-state index in [9.17, 15) is 9.18 Å². The highest BCUT2D eigenvalue weighted by molar-refractivity contribution is 8.15. The Morgan fingerprint density at radius 1 is 0.968 bits per heavy atom. The zero-order valence-electron chi connectivity index (χ0n) is 16.6. The van der Waals surface area contributed by atoms with E-state index in [0.717, 1.165) is 16.7 Å². The van der Waals surface area contributed by atoms with Crippen LogP contribution in [0.25, 0.3) is 0 Å². The largest absolute Gasteiger partial charge is 0.488 e. The van der Waals surface area contributed by atoms with E-state index < -0.39 is 0 Å². The minimum Gasteiger partial charge on any atom is -0.488 e. The molecule has 1 N–H and O–H groups in total. The van der Waals surface area contributed by atoms with Gasteiger partial charge in [-0.15, -0.1) is 5.10 Å². The Labute approximate surface area is 184 Å². The van der Waals surface area contributed by atoms with Crippen molar-refractivity contribution in [3.63, 3.8) is 0 Å². The van der Waals surface area contributed by atoms with Gasteiger partial charge in [0, 0.05) is 5.56 Å². The highest BCUT2D eigenvalue weighted by Gasteiger charge is 2.30. The van der Waals surface area contributed by atoms with E-state index in [-0.39, 0.29) is 17.0 Å². The molecule has 1 heterocycles. The van der Waals surface area contributed by atoms with E-state index in [1.807, 2.05) is 54.6 Å². The van der Waals surface area contributed by atoms with E-state index in [1.54, 1.807) is 18.3 Å². The van der Waals surface area contributed by atoms with Gasteiger partial charge in [0.05, 0.1) is 11.5 Å². The summed E-state index contributed by atoms with van der Waals surface area (Å²) >= 11 is 1.32. The van der Waals surface area contributed by atoms with Crippen LogP contribution < -0.4 is 10.1 Å². The maximum atomic E-state index is 13.1. The van der Waals surface area contributed by atoms with Crippen LogP contribution in [-0.4, -0.2) is 22.5 Å². The van der Waals surface area contributed by atoms with Gasteiger partial charge in [0.2, 0.25) is 5.91 Å². The molecule has 156 valence electrons. The number of amides is 1. The molecule has 1 amide bonds. The summed E-state index contributed by atoms with van der Waals surface area (Å²) in [5.74, 6) is 0.277. The number of nitrogens with zero attached hydrogens (tertiary/aromatic N) is 2. The van der Waals surface area contributed by atoms with Gasteiger partial charge in [0.25, 0.3) is 0 Å². The summed E-state index contributed by atoms with van der Waals surface area (Å²) in [5.41, 5.74) is 2.76. The van der Waals surface area contributed by atoms with Crippen LogP contribution in [0.4, 0.5) is 4.39 Å². The van der Waals surface area contributed by atoms with Gasteiger partial charge < -0.3 is 10.1 Å². The molecule has 0 spiro atoms. The van der Waals surface area contributed by atoms with E-state index in [0.29, 0.717) is 23.9 Å². The molecule has 0 radical (unpaired) electrons. The number of carbonyl (C=O) groups excluding carboxylic acids is 1. The maximum absolute atomic E-state index is 13.1. The molecule has 0 aromatic heterocycles. The Kier molecular flexibility index (Phi) is 6.74. The molecular weight excluding hydrogens is 413 g/mol. The Bertz CT molecular complexity index is 1100. The fourth-order valence-corrected chi connectivity index (χ4v) is 3.98. The molecule has 1 unspecified atom stereocenters. The number of rotatable bonds is 7. The van der Waals surface area contributed by atoms with Gasteiger partial charge in [-0.25, -0.2) is 4.39 Å². The molecule has 1 aliphatic rings. The molecule has 1 fully saturated rings. The van der Waals surface area contributed by atoms with Gasteiger partial charge in [-0.05, 0) is 41.8 Å². The lowest BCUT2D eigenvalue weighted by Gasteiger charge is -2.08. The van der Waals surface area contributed by atoms with Crippen molar-refractivity contribution >= 4 is 29.1 Å². The van der Waals surface area contributed by atoms with Gasteiger partial charge >= 0.3 is 0 Å². The molecule has 0 saturated carbocycles. The van der Waals surface area contributed by atoms with Crippen LogP contribution in [0.5, 0.6) is 5.75 Å². The summed E-state index contributed by atoms with van der Waals surface area (Å²) < 4.78 is 19.0. The first-order valence-corrected chi connectivity index (χ1v) is 10.6. The second kappa shape index (κ2) is 10.0. The van der Waals surface area contributed by atoms with Gasteiger partial charge in [-0.2, -0.15) is 5.10 Å². The number of hydrogen-bond donors (Lipinski definition) is 1. The predicted molar refractivity (Wildman–Crippen MR) is 122 cm³/mol. The Hall–Kier alpha value is -3.45. The van der Waals surface area contributed by atoms with Crippen LogP contribution in [-0.2, 0) is 17.8 Å². The minimum atomic E-state index is -0.319. The number of carbonyl (C=O) groups is 1. The molecule has 4 rings (SSSR count). The van der Waals surface area contributed by atoms with E-state index >= 15 is 0 Å². The lowest BCUT2D eigenvalue weighted by molar-refractivity contribution is -0.118. The first-order chi connectivity index (χ1) is 15.2. The molecule has 1 atom stereocenters. The normalized spacial score (nSPS) is 17.3. The van der Waals surface area contributed by atoms with Crippen LogP contribution in [0.15, 0.2) is 89.1 Å². The number of hydrogen-bond acceptors (Lipinski definition) is 5. The number of ether oxygens (including phenoxy) is 1. The summed E-state index contributed by atoms with van der Waals surface area (Å²) in [5, 5.41) is 11.1. The zero-order chi connectivity index (χ0) is 21.5. The number of nitrogens with one attached hydrogen (secondary N) is 1. The topological polar surface area (TPSA) is 63.0 Å². The molecule has 1 aliphatic heterocycles. The van der Waals surface area contributed by atoms with Crippen LogP contribution in [0.2, 0.25) is 0 Å². The molecular formula is C24H20FN3O2S. The highest BCUT2D eigenvalue weighted by atomic mass is 32.2. The monoisotopic (exact) mass is 433 g/mol.